The molecule has 2 amide bonds. The molecule has 126 valence electrons. The Morgan fingerprint density at radius 1 is 1.43 bits per heavy atom. The number of rotatable bonds is 4. The molecule has 1 saturated heterocycles. The molecule has 0 bridgehead atoms. The number of aromatic nitrogens is 1. The van der Waals surface area contributed by atoms with Gasteiger partial charge < -0.3 is 15.3 Å². The van der Waals surface area contributed by atoms with Gasteiger partial charge in [0.05, 0.1) is 12.1 Å². The highest BCUT2D eigenvalue weighted by atomic mass is 32.1. The van der Waals surface area contributed by atoms with E-state index in [2.05, 4.69) is 10.3 Å². The molecular formula is C15H21N3O4S. The van der Waals surface area contributed by atoms with Crippen LogP contribution in [0.2, 0.25) is 0 Å². The van der Waals surface area contributed by atoms with Gasteiger partial charge in [-0.25, -0.2) is 9.78 Å². The Morgan fingerprint density at radius 3 is 2.74 bits per heavy atom. The molecule has 0 unspecified atom stereocenters. The van der Waals surface area contributed by atoms with Gasteiger partial charge in [-0.3, -0.25) is 9.59 Å². The van der Waals surface area contributed by atoms with Gasteiger partial charge >= 0.3 is 5.97 Å². The molecule has 7 nitrogen and oxygen atoms in total. The molecule has 1 fully saturated rings. The first-order valence-corrected chi connectivity index (χ1v) is 8.34. The highest BCUT2D eigenvalue weighted by Gasteiger charge is 2.34. The number of carbonyl (C=O) groups excluding carboxylic acids is 2. The van der Waals surface area contributed by atoms with Crippen LogP contribution < -0.4 is 5.32 Å². The molecule has 2 rings (SSSR count). The van der Waals surface area contributed by atoms with Gasteiger partial charge in [0.25, 0.3) is 0 Å². The van der Waals surface area contributed by atoms with Crippen LogP contribution >= 0.6 is 11.3 Å². The number of anilines is 1. The Hall–Kier alpha value is -1.96. The largest absolute Gasteiger partial charge is 0.480 e. The monoisotopic (exact) mass is 339 g/mol. The van der Waals surface area contributed by atoms with Crippen molar-refractivity contribution in [3.8, 4) is 0 Å². The van der Waals surface area contributed by atoms with Crippen molar-refractivity contribution in [1.82, 2.24) is 9.88 Å². The molecule has 1 atom stereocenters. The normalized spacial score (nSPS) is 18.0. The second-order valence-electron chi connectivity index (χ2n) is 6.61. The molecule has 23 heavy (non-hydrogen) atoms. The molecule has 0 radical (unpaired) electrons. The second kappa shape index (κ2) is 6.66. The Morgan fingerprint density at radius 2 is 2.13 bits per heavy atom. The van der Waals surface area contributed by atoms with Crippen LogP contribution in [0.1, 0.15) is 39.3 Å². The smallest absolute Gasteiger partial charge is 0.326 e. The Bertz CT molecular complexity index is 620. The number of nitrogens with one attached hydrogen (secondary N) is 1. The fourth-order valence-electron chi connectivity index (χ4n) is 2.31. The quantitative estimate of drug-likeness (QED) is 0.870. The minimum atomic E-state index is -0.966. The Balaban J connectivity index is 1.98. The summed E-state index contributed by atoms with van der Waals surface area (Å²) in [5, 5.41) is 14.0. The number of thiazole rings is 1. The average Bonchev–Trinajstić information content (AvgIpc) is 3.06. The topological polar surface area (TPSA) is 99.6 Å². The summed E-state index contributed by atoms with van der Waals surface area (Å²) in [6, 6.07) is -0.735. The van der Waals surface area contributed by atoms with E-state index < -0.39 is 17.4 Å². The maximum Gasteiger partial charge on any atom is 0.326 e. The SMILES string of the molecule is CC(C)(C)C(=O)Nc1nc(CC(=O)N2CCC[C@H]2C(=O)O)cs1. The molecule has 1 aromatic heterocycles. The first-order valence-electron chi connectivity index (χ1n) is 7.46. The summed E-state index contributed by atoms with van der Waals surface area (Å²) in [5.41, 5.74) is 0.0200. The van der Waals surface area contributed by atoms with Gasteiger partial charge in [0.15, 0.2) is 5.13 Å². The van der Waals surface area contributed by atoms with Gasteiger partial charge in [-0.05, 0) is 12.8 Å². The zero-order valence-corrected chi connectivity index (χ0v) is 14.3. The molecule has 2 heterocycles. The van der Waals surface area contributed by atoms with Crippen molar-refractivity contribution < 1.29 is 19.5 Å². The number of hydrogen-bond acceptors (Lipinski definition) is 5. The summed E-state index contributed by atoms with van der Waals surface area (Å²) in [6.07, 6.45) is 1.24. The summed E-state index contributed by atoms with van der Waals surface area (Å²) in [7, 11) is 0. The molecule has 1 aromatic rings. The summed E-state index contributed by atoms with van der Waals surface area (Å²) in [6.45, 7) is 5.88. The first-order chi connectivity index (χ1) is 10.7. The van der Waals surface area contributed by atoms with Crippen molar-refractivity contribution in [2.45, 2.75) is 46.1 Å². The lowest BCUT2D eigenvalue weighted by molar-refractivity contribution is -0.148. The number of carboxylic acid groups (broad SMARTS) is 1. The highest BCUT2D eigenvalue weighted by molar-refractivity contribution is 7.13. The molecule has 1 aliphatic rings. The Kier molecular flexibility index (Phi) is 5.03. The lowest BCUT2D eigenvalue weighted by Crippen LogP contribution is -2.41. The Labute approximate surface area is 138 Å². The molecule has 8 heteroatoms. The number of amides is 2. The van der Waals surface area contributed by atoms with Crippen molar-refractivity contribution in [3.05, 3.63) is 11.1 Å². The van der Waals surface area contributed by atoms with Crippen molar-refractivity contribution in [1.29, 1.82) is 0 Å². The van der Waals surface area contributed by atoms with Crippen LogP contribution in [0.25, 0.3) is 0 Å². The third-order valence-corrected chi connectivity index (χ3v) is 4.45. The van der Waals surface area contributed by atoms with Crippen LogP contribution in [-0.2, 0) is 20.8 Å². The van der Waals surface area contributed by atoms with Crippen molar-refractivity contribution in [2.75, 3.05) is 11.9 Å². The highest BCUT2D eigenvalue weighted by Crippen LogP contribution is 2.22. The summed E-state index contributed by atoms with van der Waals surface area (Å²) < 4.78 is 0. The van der Waals surface area contributed by atoms with Crippen molar-refractivity contribution in [3.63, 3.8) is 0 Å². The fourth-order valence-corrected chi connectivity index (χ4v) is 3.01. The van der Waals surface area contributed by atoms with Crippen molar-refractivity contribution >= 4 is 34.3 Å². The van der Waals surface area contributed by atoms with E-state index in [0.717, 1.165) is 0 Å². The van der Waals surface area contributed by atoms with Crippen molar-refractivity contribution in [2.24, 2.45) is 5.41 Å². The van der Waals surface area contributed by atoms with Gasteiger partial charge in [-0.1, -0.05) is 20.8 Å². The lowest BCUT2D eigenvalue weighted by Gasteiger charge is -2.20. The maximum absolute atomic E-state index is 12.3. The zero-order valence-electron chi connectivity index (χ0n) is 13.5. The number of aliphatic carboxylic acids is 1. The van der Waals surface area contributed by atoms with Gasteiger partial charge in [0.2, 0.25) is 11.8 Å². The van der Waals surface area contributed by atoms with Crippen LogP contribution in [-0.4, -0.2) is 45.4 Å². The minimum absolute atomic E-state index is 0.0473. The number of carbonyl (C=O) groups is 3. The molecule has 0 saturated carbocycles. The van der Waals surface area contributed by atoms with E-state index in [1.807, 2.05) is 0 Å². The molecule has 0 aliphatic carbocycles. The minimum Gasteiger partial charge on any atom is -0.480 e. The van der Waals surface area contributed by atoms with Crippen LogP contribution in [0, 0.1) is 5.41 Å². The molecule has 0 spiro atoms. The van der Waals surface area contributed by atoms with E-state index in [9.17, 15) is 14.4 Å². The summed E-state index contributed by atoms with van der Waals surface area (Å²) in [5.74, 6) is -1.35. The van der Waals surface area contributed by atoms with Gasteiger partial charge in [0.1, 0.15) is 6.04 Å². The van der Waals surface area contributed by atoms with E-state index in [-0.39, 0.29) is 18.2 Å². The lowest BCUT2D eigenvalue weighted by atomic mass is 9.96. The maximum atomic E-state index is 12.3. The average molecular weight is 339 g/mol. The molecule has 0 aromatic carbocycles. The van der Waals surface area contributed by atoms with E-state index in [1.165, 1.54) is 16.2 Å². The van der Waals surface area contributed by atoms with Crippen LogP contribution in [0.4, 0.5) is 5.13 Å². The molecule has 1 aliphatic heterocycles. The first kappa shape index (κ1) is 17.4. The molecular weight excluding hydrogens is 318 g/mol. The van der Waals surface area contributed by atoms with Gasteiger partial charge in [-0.15, -0.1) is 11.3 Å². The summed E-state index contributed by atoms with van der Waals surface area (Å²) in [4.78, 5) is 40.9. The molecule has 2 N–H and O–H groups in total. The summed E-state index contributed by atoms with van der Waals surface area (Å²) >= 11 is 1.26. The number of hydrogen-bond donors (Lipinski definition) is 2. The van der Waals surface area contributed by atoms with E-state index in [1.54, 1.807) is 26.2 Å². The van der Waals surface area contributed by atoms with Gasteiger partial charge in [0, 0.05) is 17.3 Å². The second-order valence-corrected chi connectivity index (χ2v) is 7.47. The predicted octanol–water partition coefficient (Wildman–Crippen LogP) is 1.75. The van der Waals surface area contributed by atoms with Crippen LogP contribution in [0.5, 0.6) is 0 Å². The number of carboxylic acids is 1. The van der Waals surface area contributed by atoms with E-state index >= 15 is 0 Å². The fraction of sp³-hybridized carbons (Fsp3) is 0.600. The zero-order chi connectivity index (χ0) is 17.2. The van der Waals surface area contributed by atoms with E-state index in [4.69, 9.17) is 5.11 Å². The standard InChI is InChI=1S/C15H21N3O4S/c1-15(2,3)13(22)17-14-16-9(8-23-14)7-11(19)18-6-4-5-10(18)12(20)21/h8,10H,4-7H2,1-3H3,(H,20,21)(H,16,17,22)/t10-/m0/s1. The van der Waals surface area contributed by atoms with Gasteiger partial charge in [-0.2, -0.15) is 0 Å². The van der Waals surface area contributed by atoms with Crippen LogP contribution in [0.3, 0.4) is 0 Å². The van der Waals surface area contributed by atoms with E-state index in [0.29, 0.717) is 30.2 Å². The third-order valence-electron chi connectivity index (χ3n) is 3.64. The number of nitrogens with zero attached hydrogens (tertiary/aromatic N) is 2. The predicted molar refractivity (Wildman–Crippen MR) is 86.3 cm³/mol. The number of likely N-dealkylation sites (tertiary alicyclic amines) is 1. The third kappa shape index (κ3) is 4.28. The van der Waals surface area contributed by atoms with Crippen LogP contribution in [0.15, 0.2) is 5.38 Å².